The first-order valence-electron chi connectivity index (χ1n) is 4.93. The molecule has 80 valence electrons. The molecule has 2 rings (SSSR count). The molecular weight excluding hydrogens is 210 g/mol. The van der Waals surface area contributed by atoms with Crippen LogP contribution in [0.1, 0.15) is 16.8 Å². The third-order valence-corrected chi connectivity index (χ3v) is 3.54. The van der Waals surface area contributed by atoms with Crippen molar-refractivity contribution in [3.8, 4) is 5.75 Å². The lowest BCUT2D eigenvalue weighted by Crippen LogP contribution is -2.34. The van der Waals surface area contributed by atoms with Crippen LogP contribution in [0.4, 0.5) is 0 Å². The molecule has 1 aromatic carbocycles. The zero-order valence-electron chi connectivity index (χ0n) is 8.27. The largest absolute Gasteiger partial charge is 0.508 e. The van der Waals surface area contributed by atoms with Gasteiger partial charge in [-0.3, -0.25) is 4.79 Å². The summed E-state index contributed by atoms with van der Waals surface area (Å²) in [6, 6.07) is 6.70. The van der Waals surface area contributed by atoms with Crippen LogP contribution in [0.15, 0.2) is 24.3 Å². The summed E-state index contributed by atoms with van der Waals surface area (Å²) < 4.78 is 0. The third kappa shape index (κ3) is 2.65. The van der Waals surface area contributed by atoms with Gasteiger partial charge in [-0.1, -0.05) is 6.07 Å². The smallest absolute Gasteiger partial charge is 0.251 e. The van der Waals surface area contributed by atoms with Crippen molar-refractivity contribution in [2.45, 2.75) is 12.5 Å². The van der Waals surface area contributed by atoms with Gasteiger partial charge in [-0.15, -0.1) is 0 Å². The minimum Gasteiger partial charge on any atom is -0.508 e. The zero-order valence-corrected chi connectivity index (χ0v) is 9.09. The first-order valence-corrected chi connectivity index (χ1v) is 6.09. The second kappa shape index (κ2) is 4.57. The molecule has 4 heteroatoms. The Labute approximate surface area is 92.9 Å². The fourth-order valence-electron chi connectivity index (χ4n) is 1.56. The van der Waals surface area contributed by atoms with Gasteiger partial charge in [-0.25, -0.2) is 0 Å². The van der Waals surface area contributed by atoms with E-state index in [1.807, 2.05) is 11.8 Å². The van der Waals surface area contributed by atoms with Gasteiger partial charge in [-0.05, 0) is 30.4 Å². The maximum atomic E-state index is 11.7. The number of phenols is 1. The van der Waals surface area contributed by atoms with Crippen LogP contribution in [0.5, 0.6) is 5.75 Å². The summed E-state index contributed by atoms with van der Waals surface area (Å²) in [7, 11) is 0. The summed E-state index contributed by atoms with van der Waals surface area (Å²) in [6.45, 7) is 0. The summed E-state index contributed by atoms with van der Waals surface area (Å²) >= 11 is 1.86. The molecule has 3 nitrogen and oxygen atoms in total. The fourth-order valence-corrected chi connectivity index (χ4v) is 2.72. The number of rotatable bonds is 2. The molecule has 1 aromatic rings. The highest BCUT2D eigenvalue weighted by atomic mass is 32.2. The van der Waals surface area contributed by atoms with E-state index in [4.69, 9.17) is 0 Å². The van der Waals surface area contributed by atoms with Crippen LogP contribution in [-0.2, 0) is 0 Å². The summed E-state index contributed by atoms with van der Waals surface area (Å²) in [5, 5.41) is 12.2. The van der Waals surface area contributed by atoms with Gasteiger partial charge in [0, 0.05) is 17.4 Å². The van der Waals surface area contributed by atoms with Crippen LogP contribution >= 0.6 is 11.8 Å². The lowest BCUT2D eigenvalue weighted by Gasteiger charge is -2.11. The normalized spacial score (nSPS) is 20.1. The van der Waals surface area contributed by atoms with Crippen LogP contribution in [0.25, 0.3) is 0 Å². The minimum absolute atomic E-state index is 0.0987. The number of nitrogens with one attached hydrogen (secondary N) is 1. The third-order valence-electron chi connectivity index (χ3n) is 2.37. The van der Waals surface area contributed by atoms with Gasteiger partial charge < -0.3 is 10.4 Å². The van der Waals surface area contributed by atoms with Gasteiger partial charge in [0.2, 0.25) is 0 Å². The van der Waals surface area contributed by atoms with E-state index in [-0.39, 0.29) is 17.7 Å². The van der Waals surface area contributed by atoms with Crippen LogP contribution in [0.2, 0.25) is 0 Å². The average Bonchev–Trinajstić information content (AvgIpc) is 2.70. The van der Waals surface area contributed by atoms with Crippen molar-refractivity contribution in [2.24, 2.45) is 0 Å². The van der Waals surface area contributed by atoms with Crippen molar-refractivity contribution in [3.05, 3.63) is 29.8 Å². The van der Waals surface area contributed by atoms with Gasteiger partial charge in [0.25, 0.3) is 5.91 Å². The van der Waals surface area contributed by atoms with E-state index in [1.54, 1.807) is 18.2 Å². The molecule has 2 N–H and O–H groups in total. The van der Waals surface area contributed by atoms with Crippen LogP contribution in [0, 0.1) is 0 Å². The van der Waals surface area contributed by atoms with Gasteiger partial charge in [0.1, 0.15) is 5.75 Å². The second-order valence-electron chi connectivity index (χ2n) is 3.58. The Morgan fingerprint density at radius 3 is 3.07 bits per heavy atom. The van der Waals surface area contributed by atoms with Gasteiger partial charge in [-0.2, -0.15) is 11.8 Å². The molecule has 1 saturated heterocycles. The SMILES string of the molecule is O=C(NC1CCSC1)c1cccc(O)c1. The van der Waals surface area contributed by atoms with Crippen LogP contribution in [-0.4, -0.2) is 28.6 Å². The van der Waals surface area contributed by atoms with Crippen molar-refractivity contribution >= 4 is 17.7 Å². The minimum atomic E-state index is -0.0987. The molecular formula is C11H13NO2S. The molecule has 0 spiro atoms. The number of carbonyl (C=O) groups excluding carboxylic acids is 1. The Morgan fingerprint density at radius 2 is 2.40 bits per heavy atom. The lowest BCUT2D eigenvalue weighted by molar-refractivity contribution is 0.0941. The molecule has 0 bridgehead atoms. The Morgan fingerprint density at radius 1 is 1.53 bits per heavy atom. The topological polar surface area (TPSA) is 49.3 Å². The van der Waals surface area contributed by atoms with E-state index in [0.717, 1.165) is 17.9 Å². The van der Waals surface area contributed by atoms with E-state index >= 15 is 0 Å². The molecule has 0 aromatic heterocycles. The predicted molar refractivity (Wildman–Crippen MR) is 61.3 cm³/mol. The first kappa shape index (κ1) is 10.4. The zero-order chi connectivity index (χ0) is 10.7. The van der Waals surface area contributed by atoms with Crippen molar-refractivity contribution in [2.75, 3.05) is 11.5 Å². The number of benzene rings is 1. The number of amides is 1. The molecule has 0 aliphatic carbocycles. The van der Waals surface area contributed by atoms with Crippen LogP contribution in [0.3, 0.4) is 0 Å². The van der Waals surface area contributed by atoms with Crippen molar-refractivity contribution in [1.29, 1.82) is 0 Å². The summed E-state index contributed by atoms with van der Waals surface area (Å²) in [6.07, 6.45) is 1.04. The summed E-state index contributed by atoms with van der Waals surface area (Å²) in [5.41, 5.74) is 0.520. The molecule has 1 amide bonds. The highest BCUT2D eigenvalue weighted by molar-refractivity contribution is 7.99. The van der Waals surface area contributed by atoms with E-state index < -0.39 is 0 Å². The molecule has 1 atom stereocenters. The number of thioether (sulfide) groups is 1. The molecule has 1 heterocycles. The lowest BCUT2D eigenvalue weighted by atomic mass is 10.2. The summed E-state index contributed by atoms with van der Waals surface area (Å²) in [5.74, 6) is 2.14. The molecule has 15 heavy (non-hydrogen) atoms. The molecule has 0 radical (unpaired) electrons. The van der Waals surface area contributed by atoms with E-state index in [9.17, 15) is 9.90 Å². The highest BCUT2D eigenvalue weighted by Gasteiger charge is 2.18. The maximum Gasteiger partial charge on any atom is 0.251 e. The molecule has 1 aliphatic heterocycles. The average molecular weight is 223 g/mol. The Kier molecular flexibility index (Phi) is 3.16. The van der Waals surface area contributed by atoms with E-state index in [2.05, 4.69) is 5.32 Å². The monoisotopic (exact) mass is 223 g/mol. The van der Waals surface area contributed by atoms with Gasteiger partial charge in [0.15, 0.2) is 0 Å². The Hall–Kier alpha value is -1.16. The van der Waals surface area contributed by atoms with Crippen molar-refractivity contribution in [1.82, 2.24) is 5.32 Å². The standard InChI is InChI=1S/C11H13NO2S/c13-10-3-1-2-8(6-10)11(14)12-9-4-5-15-7-9/h1-3,6,9,13H,4-5,7H2,(H,12,14). The number of aromatic hydroxyl groups is 1. The first-order chi connectivity index (χ1) is 7.25. The van der Waals surface area contributed by atoms with Gasteiger partial charge in [0.05, 0.1) is 0 Å². The molecule has 1 unspecified atom stereocenters. The fraction of sp³-hybridized carbons (Fsp3) is 0.364. The Bertz CT molecular complexity index is 361. The van der Waals surface area contributed by atoms with Crippen molar-refractivity contribution < 1.29 is 9.90 Å². The molecule has 1 fully saturated rings. The maximum absolute atomic E-state index is 11.7. The number of phenolic OH excluding ortho intramolecular Hbond substituents is 1. The summed E-state index contributed by atoms with van der Waals surface area (Å²) in [4.78, 5) is 11.7. The van der Waals surface area contributed by atoms with E-state index in [0.29, 0.717) is 5.56 Å². The number of hydrogen-bond donors (Lipinski definition) is 2. The predicted octanol–water partition coefficient (Wildman–Crippen LogP) is 1.63. The van der Waals surface area contributed by atoms with Crippen LogP contribution < -0.4 is 5.32 Å². The number of carbonyl (C=O) groups is 1. The van der Waals surface area contributed by atoms with Crippen molar-refractivity contribution in [3.63, 3.8) is 0 Å². The number of hydrogen-bond acceptors (Lipinski definition) is 3. The highest BCUT2D eigenvalue weighted by Crippen LogP contribution is 2.18. The van der Waals surface area contributed by atoms with Gasteiger partial charge >= 0.3 is 0 Å². The molecule has 1 aliphatic rings. The molecule has 0 saturated carbocycles. The Balaban J connectivity index is 2.01. The quantitative estimate of drug-likeness (QED) is 0.801. The second-order valence-corrected chi connectivity index (χ2v) is 4.73. The van der Waals surface area contributed by atoms with E-state index in [1.165, 1.54) is 6.07 Å².